The van der Waals surface area contributed by atoms with Gasteiger partial charge in [0.15, 0.2) is 0 Å². The predicted molar refractivity (Wildman–Crippen MR) is 100 cm³/mol. The number of carbonyl (C=O) groups excluding carboxylic acids is 1. The lowest BCUT2D eigenvalue weighted by Crippen LogP contribution is -2.18. The molecule has 0 aromatic heterocycles. The minimum absolute atomic E-state index is 0.0901. The zero-order chi connectivity index (χ0) is 18.6. The molecule has 5 nitrogen and oxygen atoms in total. The van der Waals surface area contributed by atoms with Gasteiger partial charge < -0.3 is 4.74 Å². The molecule has 9 heteroatoms. The topological polar surface area (TPSA) is 72.5 Å². The third-order valence-corrected chi connectivity index (χ3v) is 5.77. The first-order valence-corrected chi connectivity index (χ1v) is 9.83. The molecule has 134 valence electrons. The van der Waals surface area contributed by atoms with Crippen molar-refractivity contribution in [2.45, 2.75) is 6.42 Å². The molecule has 0 atom stereocenters. The fourth-order valence-electron chi connectivity index (χ4n) is 2.05. The molecule has 0 saturated heterocycles. The summed E-state index contributed by atoms with van der Waals surface area (Å²) >= 11 is 18.0. The molecule has 0 spiro atoms. The molecule has 0 aliphatic carbocycles. The number of esters is 1. The van der Waals surface area contributed by atoms with Crippen molar-refractivity contribution < 1.29 is 17.9 Å². The van der Waals surface area contributed by atoms with Crippen LogP contribution in [-0.2, 0) is 21.2 Å². The maximum Gasteiger partial charge on any atom is 0.337 e. The quantitative estimate of drug-likeness (QED) is 0.700. The summed E-state index contributed by atoms with van der Waals surface area (Å²) in [6.45, 7) is 0. The van der Waals surface area contributed by atoms with Gasteiger partial charge >= 0.3 is 5.97 Å². The Hall–Kier alpha value is -1.47. The molecule has 2 aromatic rings. The summed E-state index contributed by atoms with van der Waals surface area (Å²) in [5, 5.41) is 0.790. The molecule has 0 aliphatic heterocycles. The fourth-order valence-corrected chi connectivity index (χ4v) is 3.85. The van der Waals surface area contributed by atoms with Crippen LogP contribution in [0.3, 0.4) is 0 Å². The van der Waals surface area contributed by atoms with Crippen LogP contribution in [0.5, 0.6) is 0 Å². The summed E-state index contributed by atoms with van der Waals surface area (Å²) in [5.74, 6) is -0.769. The first-order chi connectivity index (χ1) is 11.7. The summed E-state index contributed by atoms with van der Waals surface area (Å²) in [6, 6.07) is 9.19. The van der Waals surface area contributed by atoms with Crippen LogP contribution in [0.4, 0.5) is 5.69 Å². The Balaban J connectivity index is 2.11. The minimum Gasteiger partial charge on any atom is -0.465 e. The van der Waals surface area contributed by atoms with Crippen LogP contribution in [-0.4, -0.2) is 27.2 Å². The lowest BCUT2D eigenvalue weighted by molar-refractivity contribution is 0.0601. The maximum atomic E-state index is 12.3. The number of rotatable bonds is 6. The number of methoxy groups -OCH3 is 1. The van der Waals surface area contributed by atoms with Crippen molar-refractivity contribution in [1.82, 2.24) is 0 Å². The van der Waals surface area contributed by atoms with E-state index in [-0.39, 0.29) is 28.4 Å². The second-order valence-corrected chi connectivity index (χ2v) is 8.10. The Morgan fingerprint density at radius 2 is 1.84 bits per heavy atom. The van der Waals surface area contributed by atoms with Gasteiger partial charge in [-0.3, -0.25) is 4.72 Å². The molecule has 1 N–H and O–H groups in total. The smallest absolute Gasteiger partial charge is 0.337 e. The summed E-state index contributed by atoms with van der Waals surface area (Å²) in [4.78, 5) is 11.4. The number of carbonyl (C=O) groups is 1. The normalized spacial score (nSPS) is 11.2. The van der Waals surface area contributed by atoms with Gasteiger partial charge in [0, 0.05) is 0 Å². The van der Waals surface area contributed by atoms with Gasteiger partial charge in [0.25, 0.3) is 0 Å². The Bertz CT molecular complexity index is 900. The molecular weight excluding hydrogens is 409 g/mol. The average Bonchev–Trinajstić information content (AvgIpc) is 2.57. The van der Waals surface area contributed by atoms with Crippen LogP contribution >= 0.6 is 34.8 Å². The largest absolute Gasteiger partial charge is 0.465 e. The number of halogens is 3. The average molecular weight is 423 g/mol. The molecular formula is C16H14Cl3NO4S. The van der Waals surface area contributed by atoms with Crippen LogP contribution < -0.4 is 4.72 Å². The van der Waals surface area contributed by atoms with E-state index >= 15 is 0 Å². The molecule has 25 heavy (non-hydrogen) atoms. The Morgan fingerprint density at radius 1 is 1.12 bits per heavy atom. The van der Waals surface area contributed by atoms with E-state index in [2.05, 4.69) is 9.46 Å². The zero-order valence-corrected chi connectivity index (χ0v) is 16.1. The van der Waals surface area contributed by atoms with E-state index in [1.165, 1.54) is 25.3 Å². The Kier molecular flexibility index (Phi) is 6.57. The molecule has 2 aromatic carbocycles. The number of aryl methyl sites for hydroxylation is 1. The predicted octanol–water partition coefficient (Wildman–Crippen LogP) is 4.42. The molecule has 0 aliphatic rings. The van der Waals surface area contributed by atoms with Gasteiger partial charge in [-0.05, 0) is 36.2 Å². The SMILES string of the molecule is COC(=O)c1ccc(NS(=O)(=O)CCc2cccc(Cl)c2Cl)c(Cl)c1. The summed E-state index contributed by atoms with van der Waals surface area (Å²) in [6.07, 6.45) is 0.187. The van der Waals surface area contributed by atoms with Crippen LogP contribution in [0.25, 0.3) is 0 Å². The fraction of sp³-hybridized carbons (Fsp3) is 0.188. The summed E-state index contributed by atoms with van der Waals surface area (Å²) in [7, 11) is -2.43. The Labute approximate surface area is 160 Å². The van der Waals surface area contributed by atoms with Crippen LogP contribution in [0.15, 0.2) is 36.4 Å². The molecule has 0 saturated carbocycles. The number of sulfonamides is 1. The molecule has 0 amide bonds. The summed E-state index contributed by atoms with van der Waals surface area (Å²) in [5.41, 5.74) is 1.03. The van der Waals surface area contributed by atoms with E-state index in [0.29, 0.717) is 15.6 Å². The maximum absolute atomic E-state index is 12.3. The van der Waals surface area contributed by atoms with E-state index in [4.69, 9.17) is 34.8 Å². The van der Waals surface area contributed by atoms with Crippen molar-refractivity contribution in [3.05, 3.63) is 62.6 Å². The monoisotopic (exact) mass is 421 g/mol. The van der Waals surface area contributed by atoms with Gasteiger partial charge in [-0.1, -0.05) is 46.9 Å². The van der Waals surface area contributed by atoms with Gasteiger partial charge in [0.05, 0.1) is 39.2 Å². The van der Waals surface area contributed by atoms with Crippen molar-refractivity contribution in [3.63, 3.8) is 0 Å². The van der Waals surface area contributed by atoms with Crippen LogP contribution in [0, 0.1) is 0 Å². The standard InChI is InChI=1S/C16H14Cl3NO4S/c1-24-16(21)11-5-6-14(13(18)9-11)20-25(22,23)8-7-10-3-2-4-12(17)15(10)19/h2-6,9,20H,7-8H2,1H3. The molecule has 0 unspecified atom stereocenters. The zero-order valence-electron chi connectivity index (χ0n) is 13.1. The van der Waals surface area contributed by atoms with Crippen molar-refractivity contribution in [2.75, 3.05) is 17.6 Å². The second kappa shape index (κ2) is 8.27. The van der Waals surface area contributed by atoms with Gasteiger partial charge in [-0.25, -0.2) is 13.2 Å². The van der Waals surface area contributed by atoms with Gasteiger partial charge in [0.2, 0.25) is 10.0 Å². The third kappa shape index (κ3) is 5.25. The first-order valence-electron chi connectivity index (χ1n) is 7.05. The number of hydrogen-bond donors (Lipinski definition) is 1. The van der Waals surface area contributed by atoms with E-state index < -0.39 is 16.0 Å². The van der Waals surface area contributed by atoms with E-state index in [1.807, 2.05) is 0 Å². The first kappa shape index (κ1) is 19.8. The number of benzene rings is 2. The lowest BCUT2D eigenvalue weighted by atomic mass is 10.2. The number of hydrogen-bond acceptors (Lipinski definition) is 4. The minimum atomic E-state index is -3.68. The van der Waals surface area contributed by atoms with Crippen molar-refractivity contribution in [3.8, 4) is 0 Å². The van der Waals surface area contributed by atoms with Gasteiger partial charge in [0.1, 0.15) is 0 Å². The highest BCUT2D eigenvalue weighted by molar-refractivity contribution is 7.92. The second-order valence-electron chi connectivity index (χ2n) is 5.07. The number of ether oxygens (including phenoxy) is 1. The third-order valence-electron chi connectivity index (χ3n) is 3.33. The van der Waals surface area contributed by atoms with Gasteiger partial charge in [-0.2, -0.15) is 0 Å². The number of nitrogens with one attached hydrogen (secondary N) is 1. The van der Waals surface area contributed by atoms with Crippen molar-refractivity contribution >= 4 is 56.5 Å². The van der Waals surface area contributed by atoms with Crippen LogP contribution in [0.2, 0.25) is 15.1 Å². The molecule has 0 heterocycles. The van der Waals surface area contributed by atoms with Crippen molar-refractivity contribution in [2.24, 2.45) is 0 Å². The summed E-state index contributed by atoms with van der Waals surface area (Å²) < 4.78 is 31.5. The molecule has 0 bridgehead atoms. The lowest BCUT2D eigenvalue weighted by Gasteiger charge is -2.11. The highest BCUT2D eigenvalue weighted by atomic mass is 35.5. The highest BCUT2D eigenvalue weighted by Crippen LogP contribution is 2.27. The van der Waals surface area contributed by atoms with Crippen molar-refractivity contribution in [1.29, 1.82) is 0 Å². The Morgan fingerprint density at radius 3 is 2.48 bits per heavy atom. The van der Waals surface area contributed by atoms with E-state index in [0.717, 1.165) is 0 Å². The molecule has 0 radical (unpaired) electrons. The molecule has 2 rings (SSSR count). The van der Waals surface area contributed by atoms with Crippen LogP contribution in [0.1, 0.15) is 15.9 Å². The number of anilines is 1. The van der Waals surface area contributed by atoms with Gasteiger partial charge in [-0.15, -0.1) is 0 Å². The van der Waals surface area contributed by atoms with E-state index in [9.17, 15) is 13.2 Å². The van der Waals surface area contributed by atoms with E-state index in [1.54, 1.807) is 18.2 Å². The highest BCUT2D eigenvalue weighted by Gasteiger charge is 2.16. The molecule has 0 fully saturated rings.